The number of ether oxygens (including phenoxy) is 1. The second-order valence-electron chi connectivity index (χ2n) is 5.01. The van der Waals surface area contributed by atoms with Crippen LogP contribution in [0.4, 0.5) is 22.0 Å². The van der Waals surface area contributed by atoms with E-state index in [1.54, 1.807) is 0 Å². The summed E-state index contributed by atoms with van der Waals surface area (Å²) in [5.74, 6) is -16.5. The Morgan fingerprint density at radius 2 is 1.48 bits per heavy atom. The van der Waals surface area contributed by atoms with Gasteiger partial charge in [-0.1, -0.05) is 0 Å². The van der Waals surface area contributed by atoms with E-state index in [9.17, 15) is 31.7 Å². The van der Waals surface area contributed by atoms with Gasteiger partial charge in [-0.05, 0) is 0 Å². The van der Waals surface area contributed by atoms with Crippen LogP contribution in [0, 0.1) is 29.1 Å². The number of hydrogen-bond acceptors (Lipinski definition) is 4. The first kappa shape index (κ1) is 22.5. The molecule has 4 nitrogen and oxygen atoms in total. The zero-order valence-corrected chi connectivity index (χ0v) is 15.1. The van der Waals surface area contributed by atoms with E-state index in [4.69, 9.17) is 27.2 Å². The van der Waals surface area contributed by atoms with Crippen molar-refractivity contribution in [1.29, 1.82) is 0 Å². The number of hydrogen-bond donors (Lipinski definition) is 2. The summed E-state index contributed by atoms with van der Waals surface area (Å²) in [6.45, 7) is 4.35. The predicted molar refractivity (Wildman–Crippen MR) is 83.5 cm³/mol. The average Bonchev–Trinajstić information content (AvgIpc) is 2.50. The van der Waals surface area contributed by atoms with Crippen LogP contribution < -0.4 is 0 Å². The van der Waals surface area contributed by atoms with E-state index in [0.29, 0.717) is 0 Å². The second kappa shape index (κ2) is 8.00. The van der Waals surface area contributed by atoms with Crippen molar-refractivity contribution >= 4 is 28.5 Å². The Hall–Kier alpha value is -0.540. The summed E-state index contributed by atoms with van der Waals surface area (Å²) in [6, 6.07) is 0. The van der Waals surface area contributed by atoms with Crippen LogP contribution in [0.5, 0.6) is 0 Å². The normalized spacial score (nSPS) is 16.2. The van der Waals surface area contributed by atoms with Gasteiger partial charge in [-0.3, -0.25) is 0 Å². The van der Waals surface area contributed by atoms with Gasteiger partial charge in [0, 0.05) is 0 Å². The standard InChI is InChI=1S/C13H14Cl2F5O4P/c1-3-6(2)23-5-7(24-25(14,15,21)22)4-8-9(16)11(18)13(20)12(19)10(8)17/h3,6-7,21-22H,1,4-5H2,2H3. The van der Waals surface area contributed by atoms with Crippen LogP contribution in [0.1, 0.15) is 12.5 Å². The van der Waals surface area contributed by atoms with Gasteiger partial charge in [-0.2, -0.15) is 0 Å². The molecule has 144 valence electrons. The van der Waals surface area contributed by atoms with E-state index in [1.807, 2.05) is 0 Å². The van der Waals surface area contributed by atoms with Crippen LogP contribution >= 0.6 is 28.5 Å². The first-order valence-electron chi connectivity index (χ1n) is 6.61. The monoisotopic (exact) mass is 430 g/mol. The van der Waals surface area contributed by atoms with Crippen molar-refractivity contribution in [2.24, 2.45) is 0 Å². The molecule has 0 aliphatic carbocycles. The van der Waals surface area contributed by atoms with Crippen molar-refractivity contribution in [2.75, 3.05) is 6.61 Å². The number of halogens is 7. The Kier molecular flexibility index (Phi) is 7.20. The van der Waals surface area contributed by atoms with Crippen molar-refractivity contribution in [1.82, 2.24) is 0 Å². The Morgan fingerprint density at radius 3 is 1.88 bits per heavy atom. The van der Waals surface area contributed by atoms with Crippen LogP contribution in [0.25, 0.3) is 0 Å². The van der Waals surface area contributed by atoms with Crippen LogP contribution in [0.15, 0.2) is 12.7 Å². The van der Waals surface area contributed by atoms with E-state index in [2.05, 4.69) is 11.1 Å². The Morgan fingerprint density at radius 1 is 1.04 bits per heavy atom. The molecule has 0 fully saturated rings. The van der Waals surface area contributed by atoms with Crippen LogP contribution in [-0.2, 0) is 15.7 Å². The summed E-state index contributed by atoms with van der Waals surface area (Å²) in [6.07, 6.45) is -1.90. The van der Waals surface area contributed by atoms with Gasteiger partial charge >= 0.3 is 149 Å². The molecule has 0 aromatic heterocycles. The molecule has 0 amide bonds. The van der Waals surface area contributed by atoms with E-state index >= 15 is 0 Å². The minimum absolute atomic E-state index is 0.564. The molecular weight excluding hydrogens is 417 g/mol. The third-order valence-corrected chi connectivity index (χ3v) is 4.06. The maximum atomic E-state index is 13.7. The van der Waals surface area contributed by atoms with Gasteiger partial charge < -0.3 is 0 Å². The van der Waals surface area contributed by atoms with Gasteiger partial charge in [0.15, 0.2) is 0 Å². The van der Waals surface area contributed by atoms with E-state index in [-0.39, 0.29) is 0 Å². The molecule has 0 aliphatic heterocycles. The molecule has 1 aromatic rings. The van der Waals surface area contributed by atoms with Gasteiger partial charge in [0.05, 0.1) is 0 Å². The van der Waals surface area contributed by atoms with Gasteiger partial charge in [-0.25, -0.2) is 0 Å². The van der Waals surface area contributed by atoms with E-state index in [0.717, 1.165) is 0 Å². The third-order valence-electron chi connectivity index (χ3n) is 2.93. The summed E-state index contributed by atoms with van der Waals surface area (Å²) in [5.41, 5.74) is -1.25. The van der Waals surface area contributed by atoms with Crippen molar-refractivity contribution in [2.45, 2.75) is 25.6 Å². The first-order chi connectivity index (χ1) is 11.2. The van der Waals surface area contributed by atoms with E-state index < -0.39 is 65.9 Å². The molecule has 2 N–H and O–H groups in total. The number of rotatable bonds is 8. The fraction of sp³-hybridized carbons (Fsp3) is 0.385. The summed E-state index contributed by atoms with van der Waals surface area (Å²) in [4.78, 5) is 18.7. The maximum absolute atomic E-state index is 13.7. The second-order valence-corrected chi connectivity index (χ2v) is 10.9. The molecular formula is C13H14Cl2F5O4P. The molecule has 2 unspecified atom stereocenters. The van der Waals surface area contributed by atoms with Crippen molar-refractivity contribution < 1.29 is 41.0 Å². The topological polar surface area (TPSA) is 58.9 Å². The molecule has 0 saturated heterocycles. The van der Waals surface area contributed by atoms with Crippen molar-refractivity contribution in [3.63, 3.8) is 0 Å². The van der Waals surface area contributed by atoms with Crippen LogP contribution in [0.2, 0.25) is 0 Å². The summed E-state index contributed by atoms with van der Waals surface area (Å²) >= 11 is 10.4. The first-order valence-corrected chi connectivity index (χ1v) is 10.5. The van der Waals surface area contributed by atoms with Gasteiger partial charge in [-0.15, -0.1) is 0 Å². The zero-order chi connectivity index (χ0) is 19.6. The molecule has 1 rings (SSSR count). The third kappa shape index (κ3) is 6.60. The van der Waals surface area contributed by atoms with Crippen LogP contribution in [-0.4, -0.2) is 28.6 Å². The number of benzene rings is 1. The Labute approximate surface area is 149 Å². The van der Waals surface area contributed by atoms with Crippen molar-refractivity contribution in [3.8, 4) is 0 Å². The molecule has 0 heterocycles. The Bertz CT molecular complexity index is 630. The zero-order valence-electron chi connectivity index (χ0n) is 12.7. The molecule has 2 atom stereocenters. The molecule has 0 spiro atoms. The minimum atomic E-state index is -5.67. The fourth-order valence-electron chi connectivity index (χ4n) is 1.76. The molecule has 0 aliphatic rings. The van der Waals surface area contributed by atoms with E-state index in [1.165, 1.54) is 13.0 Å². The van der Waals surface area contributed by atoms with Crippen LogP contribution in [0.3, 0.4) is 0 Å². The van der Waals surface area contributed by atoms with Crippen molar-refractivity contribution in [3.05, 3.63) is 47.3 Å². The molecule has 0 radical (unpaired) electrons. The molecule has 0 bridgehead atoms. The summed E-state index contributed by atoms with van der Waals surface area (Å²) in [7, 11) is 0. The quantitative estimate of drug-likeness (QED) is 0.210. The molecule has 0 saturated carbocycles. The Balaban J connectivity index is 3.19. The van der Waals surface area contributed by atoms with Gasteiger partial charge in [0.1, 0.15) is 0 Å². The average molecular weight is 431 g/mol. The molecule has 1 aromatic carbocycles. The molecule has 12 heteroatoms. The fourth-order valence-corrected chi connectivity index (χ4v) is 3.06. The molecule has 25 heavy (non-hydrogen) atoms. The summed E-state index contributed by atoms with van der Waals surface area (Å²) in [5, 5.41) is 0. The SMILES string of the molecule is C=CC(C)OCC(Cc1c(F)c(F)c(F)c(F)c1F)OP(O)(O)(Cl)Cl. The van der Waals surface area contributed by atoms with Gasteiger partial charge in [0.25, 0.3) is 0 Å². The summed E-state index contributed by atoms with van der Waals surface area (Å²) < 4.78 is 76.7. The van der Waals surface area contributed by atoms with Gasteiger partial charge in [0.2, 0.25) is 0 Å². The predicted octanol–water partition coefficient (Wildman–Crippen LogP) is 4.49.